The number of allylic oxidation sites excluding steroid dienone is 4. The van der Waals surface area contributed by atoms with Crippen LogP contribution in [0.25, 0.3) is 11.1 Å². The second kappa shape index (κ2) is 16.1. The fourth-order valence-corrected chi connectivity index (χ4v) is 5.49. The van der Waals surface area contributed by atoms with Gasteiger partial charge in [0, 0.05) is 35.8 Å². The number of nitrogens with zero attached hydrogens (tertiary/aromatic N) is 8. The molecule has 0 radical (unpaired) electrons. The minimum Gasteiger partial charge on any atom is -0.337 e. The normalized spacial score (nSPS) is 9.64. The maximum absolute atomic E-state index is 9.62. The van der Waals surface area contributed by atoms with Crippen LogP contribution in [0.15, 0.2) is 145 Å². The van der Waals surface area contributed by atoms with Gasteiger partial charge in [-0.25, -0.2) is 0 Å². The van der Waals surface area contributed by atoms with Crippen molar-refractivity contribution < 1.29 is 0 Å². The predicted octanol–water partition coefficient (Wildman–Crippen LogP) is 9.01. The van der Waals surface area contributed by atoms with Crippen molar-refractivity contribution in [2.45, 2.75) is 13.1 Å². The molecule has 0 amide bonds. The number of nitriles is 6. The molecule has 0 aliphatic carbocycles. The molecular formula is C42H26N8. The van der Waals surface area contributed by atoms with E-state index in [1.165, 1.54) is 0 Å². The fourth-order valence-electron chi connectivity index (χ4n) is 5.49. The molecule has 50 heavy (non-hydrogen) atoms. The first-order valence-electron chi connectivity index (χ1n) is 15.4. The quantitative estimate of drug-likeness (QED) is 0.137. The van der Waals surface area contributed by atoms with Gasteiger partial charge in [0.2, 0.25) is 0 Å². The second-order valence-corrected chi connectivity index (χ2v) is 10.9. The molecule has 0 aromatic heterocycles. The van der Waals surface area contributed by atoms with Crippen molar-refractivity contribution >= 4 is 33.9 Å². The third-order valence-corrected chi connectivity index (χ3v) is 7.91. The minimum atomic E-state index is -0.228. The van der Waals surface area contributed by atoms with Crippen LogP contribution in [0.1, 0.15) is 22.3 Å². The Balaban J connectivity index is 1.47. The molecule has 0 aliphatic heterocycles. The first-order valence-corrected chi connectivity index (χ1v) is 15.4. The van der Waals surface area contributed by atoms with Crippen molar-refractivity contribution in [3.63, 3.8) is 0 Å². The molecule has 234 valence electrons. The van der Waals surface area contributed by atoms with Gasteiger partial charge in [-0.1, -0.05) is 84.9 Å². The number of hydrogen-bond acceptors (Lipinski definition) is 8. The van der Waals surface area contributed by atoms with Gasteiger partial charge in [-0.2, -0.15) is 31.6 Å². The first kappa shape index (κ1) is 33.5. The Morgan fingerprint density at radius 1 is 0.380 bits per heavy atom. The zero-order valence-corrected chi connectivity index (χ0v) is 26.7. The lowest BCUT2D eigenvalue weighted by molar-refractivity contribution is 0.945. The summed E-state index contributed by atoms with van der Waals surface area (Å²) in [6.45, 7) is 1.06. The molecule has 0 N–H and O–H groups in total. The van der Waals surface area contributed by atoms with Crippen LogP contribution in [0.2, 0.25) is 0 Å². The van der Waals surface area contributed by atoms with Gasteiger partial charge in [0.25, 0.3) is 0 Å². The van der Waals surface area contributed by atoms with Crippen LogP contribution in [-0.4, -0.2) is 0 Å². The van der Waals surface area contributed by atoms with Crippen molar-refractivity contribution in [3.8, 4) is 36.4 Å². The fraction of sp³-hybridized carbons (Fsp3) is 0.0476. The maximum atomic E-state index is 9.62. The van der Waals surface area contributed by atoms with E-state index in [9.17, 15) is 31.6 Å². The zero-order chi connectivity index (χ0) is 35.3. The van der Waals surface area contributed by atoms with Gasteiger partial charge in [0.05, 0.1) is 11.1 Å². The highest BCUT2D eigenvalue weighted by atomic mass is 15.1. The van der Waals surface area contributed by atoms with Gasteiger partial charge in [-0.05, 0) is 70.8 Å². The van der Waals surface area contributed by atoms with E-state index in [1.54, 1.807) is 48.5 Å². The minimum absolute atomic E-state index is 0.0363. The summed E-state index contributed by atoms with van der Waals surface area (Å²) in [6, 6.07) is 53.8. The van der Waals surface area contributed by atoms with Crippen molar-refractivity contribution in [1.82, 2.24) is 0 Å². The van der Waals surface area contributed by atoms with E-state index in [-0.39, 0.29) is 22.3 Å². The van der Waals surface area contributed by atoms with Crippen molar-refractivity contribution in [3.05, 3.63) is 167 Å². The van der Waals surface area contributed by atoms with Gasteiger partial charge in [0.1, 0.15) is 47.6 Å². The lowest BCUT2D eigenvalue weighted by Gasteiger charge is -2.27. The molecule has 5 aromatic carbocycles. The summed E-state index contributed by atoms with van der Waals surface area (Å²) in [6.07, 6.45) is 0. The molecule has 0 unspecified atom stereocenters. The number of anilines is 4. The summed E-state index contributed by atoms with van der Waals surface area (Å²) in [5.74, 6) is 0. The molecule has 0 saturated carbocycles. The Labute approximate surface area is 291 Å². The number of rotatable bonds is 10. The topological polar surface area (TPSA) is 149 Å². The first-order chi connectivity index (χ1) is 24.5. The van der Waals surface area contributed by atoms with Crippen LogP contribution >= 0.6 is 0 Å². The van der Waals surface area contributed by atoms with E-state index in [1.807, 2.05) is 103 Å². The zero-order valence-electron chi connectivity index (χ0n) is 26.7. The van der Waals surface area contributed by atoms with E-state index in [2.05, 4.69) is 28.0 Å². The largest absolute Gasteiger partial charge is 0.337 e. The molecule has 0 bridgehead atoms. The third-order valence-electron chi connectivity index (χ3n) is 7.91. The van der Waals surface area contributed by atoms with Crippen LogP contribution in [0.5, 0.6) is 0 Å². The van der Waals surface area contributed by atoms with Crippen LogP contribution < -0.4 is 9.80 Å². The predicted molar refractivity (Wildman–Crippen MR) is 191 cm³/mol. The number of hydrogen-bond donors (Lipinski definition) is 0. The van der Waals surface area contributed by atoms with Crippen LogP contribution in [0.3, 0.4) is 0 Å². The lowest BCUT2D eigenvalue weighted by Crippen LogP contribution is -2.18. The van der Waals surface area contributed by atoms with E-state index in [0.29, 0.717) is 24.2 Å². The van der Waals surface area contributed by atoms with Gasteiger partial charge in [0.15, 0.2) is 0 Å². The highest BCUT2D eigenvalue weighted by molar-refractivity contribution is 5.86. The molecule has 0 aliphatic rings. The van der Waals surface area contributed by atoms with E-state index in [4.69, 9.17) is 0 Å². The van der Waals surface area contributed by atoms with Crippen LogP contribution in [-0.2, 0) is 13.1 Å². The molecule has 0 saturated heterocycles. The molecule has 0 fully saturated rings. The second-order valence-electron chi connectivity index (χ2n) is 10.9. The number of benzene rings is 5. The Morgan fingerprint density at radius 3 is 1.04 bits per heavy atom. The lowest BCUT2D eigenvalue weighted by atomic mass is 10.0. The highest BCUT2D eigenvalue weighted by Crippen LogP contribution is 2.32. The monoisotopic (exact) mass is 642 g/mol. The molecule has 8 heteroatoms. The van der Waals surface area contributed by atoms with Crippen LogP contribution in [0, 0.1) is 68.0 Å². The summed E-state index contributed by atoms with van der Waals surface area (Å²) < 4.78 is 0. The molecule has 0 heterocycles. The van der Waals surface area contributed by atoms with E-state index in [0.717, 1.165) is 33.9 Å². The Morgan fingerprint density at radius 2 is 0.720 bits per heavy atom. The Hall–Kier alpha value is -7.88. The van der Waals surface area contributed by atoms with E-state index < -0.39 is 0 Å². The summed E-state index contributed by atoms with van der Waals surface area (Å²) in [4.78, 5) is 4.30. The van der Waals surface area contributed by atoms with Gasteiger partial charge >= 0.3 is 0 Å². The molecule has 0 spiro atoms. The van der Waals surface area contributed by atoms with Crippen molar-refractivity contribution in [1.29, 1.82) is 31.6 Å². The molecule has 0 atom stereocenters. The average molecular weight is 643 g/mol. The summed E-state index contributed by atoms with van der Waals surface area (Å²) >= 11 is 0. The van der Waals surface area contributed by atoms with Gasteiger partial charge in [-0.15, -0.1) is 0 Å². The summed E-state index contributed by atoms with van der Waals surface area (Å²) in [5, 5.41) is 56.5. The third kappa shape index (κ3) is 7.56. The number of para-hydroxylation sites is 2. The smallest absolute Gasteiger partial charge is 0.148 e. The standard InChI is InChI=1S/C42H26N8/c43-23-35(24-44)41(27-47)33-14-18-39(19-15-33)49(37-10-3-1-4-11-37)29-31-8-7-9-32(22-31)30-50(38-12-5-2-6-13-38)40-20-16-34(17-21-40)42(28-48)36(25-45)26-46/h1-22H,29-30H2. The van der Waals surface area contributed by atoms with Gasteiger partial charge < -0.3 is 9.80 Å². The van der Waals surface area contributed by atoms with Gasteiger partial charge in [-0.3, -0.25) is 0 Å². The average Bonchev–Trinajstić information content (AvgIpc) is 3.18. The van der Waals surface area contributed by atoms with E-state index >= 15 is 0 Å². The Kier molecular flexibility index (Phi) is 10.8. The SMILES string of the molecule is N#CC(C#N)=C(C#N)c1ccc(N(Cc2cccc(CN(c3ccccc3)c3ccc(C(C#N)=C(C#N)C#N)cc3)c2)c2ccccc2)cc1. The highest BCUT2D eigenvalue weighted by Gasteiger charge is 2.16. The van der Waals surface area contributed by atoms with Crippen molar-refractivity contribution in [2.24, 2.45) is 0 Å². The van der Waals surface area contributed by atoms with Crippen LogP contribution in [0.4, 0.5) is 22.7 Å². The Bertz CT molecular complexity index is 2120. The molecular weight excluding hydrogens is 617 g/mol. The molecule has 5 rings (SSSR count). The maximum Gasteiger partial charge on any atom is 0.148 e. The molecule has 5 aromatic rings. The summed E-state index contributed by atoms with van der Waals surface area (Å²) in [5.41, 5.74) is 6.37. The summed E-state index contributed by atoms with van der Waals surface area (Å²) in [7, 11) is 0. The van der Waals surface area contributed by atoms with Crippen molar-refractivity contribution in [2.75, 3.05) is 9.80 Å². The molecule has 8 nitrogen and oxygen atoms in total.